The molecule has 0 bridgehead atoms. The van der Waals surface area contributed by atoms with Crippen LogP contribution in [0.4, 0.5) is 0 Å². The molecule has 2 saturated carbocycles. The summed E-state index contributed by atoms with van der Waals surface area (Å²) in [4.78, 5) is 0. The number of hydrogen-bond donors (Lipinski definition) is 0. The smallest absolute Gasteiger partial charge is 0.0648 e. The third-order valence-electron chi connectivity index (χ3n) is 7.58. The van der Waals surface area contributed by atoms with E-state index in [-0.39, 0.29) is 0 Å². The van der Waals surface area contributed by atoms with Crippen LogP contribution in [0.25, 0.3) is 6.08 Å². The molecular weight excluding hydrogens is 328 g/mol. The van der Waals surface area contributed by atoms with Crippen molar-refractivity contribution in [2.45, 2.75) is 70.8 Å². The molecule has 1 aromatic carbocycles. The second kappa shape index (κ2) is 8.78. The van der Waals surface area contributed by atoms with E-state index in [4.69, 9.17) is 4.74 Å². The molecule has 0 saturated heterocycles. The fraction of sp³-hybridized carbons (Fsp3) is 0.615. The first-order valence-corrected chi connectivity index (χ1v) is 11.2. The first-order chi connectivity index (χ1) is 13.3. The van der Waals surface area contributed by atoms with Crippen molar-refractivity contribution in [2.75, 3.05) is 6.61 Å². The molecule has 27 heavy (non-hydrogen) atoms. The highest BCUT2D eigenvalue weighted by molar-refractivity contribution is 5.52. The van der Waals surface area contributed by atoms with E-state index in [9.17, 15) is 0 Å². The van der Waals surface area contributed by atoms with Crippen LogP contribution in [0, 0.1) is 23.7 Å². The third kappa shape index (κ3) is 4.40. The van der Waals surface area contributed by atoms with Crippen molar-refractivity contribution in [3.63, 3.8) is 0 Å². The predicted octanol–water partition coefficient (Wildman–Crippen LogP) is 6.61. The van der Waals surface area contributed by atoms with E-state index in [2.05, 4.69) is 43.9 Å². The highest BCUT2D eigenvalue weighted by atomic mass is 16.5. The van der Waals surface area contributed by atoms with Gasteiger partial charge in [-0.1, -0.05) is 36.4 Å². The summed E-state index contributed by atoms with van der Waals surface area (Å²) in [6.07, 6.45) is 19.1. The first kappa shape index (κ1) is 19.0. The van der Waals surface area contributed by atoms with Gasteiger partial charge in [-0.3, -0.25) is 0 Å². The molecular formula is C26H36O. The van der Waals surface area contributed by atoms with Crippen LogP contribution in [0.1, 0.15) is 68.6 Å². The first-order valence-electron chi connectivity index (χ1n) is 11.2. The Morgan fingerprint density at radius 1 is 0.963 bits per heavy atom. The monoisotopic (exact) mass is 364 g/mol. The van der Waals surface area contributed by atoms with E-state index in [1.165, 1.54) is 63.4 Å². The molecule has 3 aliphatic carbocycles. The minimum absolute atomic E-state index is 0.494. The predicted molar refractivity (Wildman–Crippen MR) is 115 cm³/mol. The maximum absolute atomic E-state index is 5.97. The summed E-state index contributed by atoms with van der Waals surface area (Å²) in [6, 6.07) is 7.14. The minimum Gasteiger partial charge on any atom is -0.374 e. The van der Waals surface area contributed by atoms with E-state index >= 15 is 0 Å². The molecule has 0 aliphatic heterocycles. The van der Waals surface area contributed by atoms with E-state index in [1.54, 1.807) is 11.1 Å². The lowest BCUT2D eigenvalue weighted by molar-refractivity contribution is -0.0137. The number of allylic oxidation sites excluding steroid dienone is 1. The van der Waals surface area contributed by atoms with Crippen LogP contribution in [0.5, 0.6) is 0 Å². The van der Waals surface area contributed by atoms with Crippen molar-refractivity contribution < 1.29 is 4.74 Å². The van der Waals surface area contributed by atoms with Gasteiger partial charge in [0.15, 0.2) is 0 Å². The SMILES string of the molecule is C=CCO[C@@H]1CC[C@@H]2CC(C3CCc4cc(C=CC)ccc4C3)CCC2C1. The number of hydrogen-bond acceptors (Lipinski definition) is 1. The van der Waals surface area contributed by atoms with Crippen LogP contribution in [-0.2, 0) is 17.6 Å². The highest BCUT2D eigenvalue weighted by Gasteiger charge is 2.38. The molecule has 0 amide bonds. The van der Waals surface area contributed by atoms with Crippen molar-refractivity contribution in [3.8, 4) is 0 Å². The van der Waals surface area contributed by atoms with Crippen LogP contribution >= 0.6 is 0 Å². The largest absolute Gasteiger partial charge is 0.374 e. The summed E-state index contributed by atoms with van der Waals surface area (Å²) in [5.41, 5.74) is 4.60. The lowest BCUT2D eigenvalue weighted by Crippen LogP contribution is -2.37. The Hall–Kier alpha value is -1.34. The molecule has 0 spiro atoms. The molecule has 146 valence electrons. The van der Waals surface area contributed by atoms with Gasteiger partial charge < -0.3 is 4.74 Å². The number of benzene rings is 1. The van der Waals surface area contributed by atoms with Gasteiger partial charge in [0, 0.05) is 0 Å². The zero-order chi connectivity index (χ0) is 18.6. The van der Waals surface area contributed by atoms with Crippen LogP contribution in [0.2, 0.25) is 0 Å². The van der Waals surface area contributed by atoms with Gasteiger partial charge in [0.2, 0.25) is 0 Å². The molecule has 2 fully saturated rings. The Bertz CT molecular complexity index is 673. The zero-order valence-electron chi connectivity index (χ0n) is 17.0. The number of fused-ring (bicyclic) bond motifs is 2. The fourth-order valence-electron chi connectivity index (χ4n) is 6.17. The normalized spacial score (nSPS) is 33.4. The minimum atomic E-state index is 0.494. The second-order valence-corrected chi connectivity index (χ2v) is 9.18. The van der Waals surface area contributed by atoms with Gasteiger partial charge >= 0.3 is 0 Å². The van der Waals surface area contributed by atoms with Crippen LogP contribution in [-0.4, -0.2) is 12.7 Å². The Labute approximate surface area is 165 Å². The lowest BCUT2D eigenvalue weighted by Gasteiger charge is -2.44. The molecule has 1 nitrogen and oxygen atoms in total. The van der Waals surface area contributed by atoms with Gasteiger partial charge in [-0.2, -0.15) is 0 Å². The molecule has 0 aromatic heterocycles. The molecule has 0 radical (unpaired) electrons. The van der Waals surface area contributed by atoms with Crippen molar-refractivity contribution in [1.82, 2.24) is 0 Å². The summed E-state index contributed by atoms with van der Waals surface area (Å²) < 4.78 is 5.97. The van der Waals surface area contributed by atoms with Gasteiger partial charge in [-0.25, -0.2) is 0 Å². The van der Waals surface area contributed by atoms with E-state index < -0.39 is 0 Å². The Morgan fingerprint density at radius 3 is 2.56 bits per heavy atom. The Balaban J connectivity index is 1.34. The summed E-state index contributed by atoms with van der Waals surface area (Å²) in [6.45, 7) is 6.62. The molecule has 1 heteroatoms. The summed E-state index contributed by atoms with van der Waals surface area (Å²) in [7, 11) is 0. The Kier molecular flexibility index (Phi) is 6.18. The van der Waals surface area contributed by atoms with Crippen molar-refractivity contribution in [3.05, 3.63) is 53.6 Å². The third-order valence-corrected chi connectivity index (χ3v) is 7.58. The number of ether oxygens (including phenoxy) is 1. The summed E-state index contributed by atoms with van der Waals surface area (Å²) in [5, 5.41) is 0. The average molecular weight is 365 g/mol. The topological polar surface area (TPSA) is 9.23 Å². The van der Waals surface area contributed by atoms with E-state index in [0.717, 1.165) is 30.3 Å². The molecule has 0 heterocycles. The van der Waals surface area contributed by atoms with Gasteiger partial charge in [-0.05, 0) is 105 Å². The highest BCUT2D eigenvalue weighted by Crippen LogP contribution is 2.47. The molecule has 3 aliphatic rings. The molecule has 5 atom stereocenters. The molecule has 3 unspecified atom stereocenters. The van der Waals surface area contributed by atoms with Gasteiger partial charge in [0.25, 0.3) is 0 Å². The average Bonchev–Trinajstić information content (AvgIpc) is 2.71. The standard InChI is InChI=1S/C26H36O/c1-3-5-19-6-7-21-16-22(9-8-20(21)15-19)23-10-11-25-18-26(27-14-4-2)13-12-24(25)17-23/h3-7,15,22-26H,2,8-14,16-18H2,1H3/t22?,23?,24-,25?,26-/m1/s1. The quantitative estimate of drug-likeness (QED) is 0.534. The lowest BCUT2D eigenvalue weighted by atomic mass is 9.62. The number of aryl methyl sites for hydroxylation is 1. The van der Waals surface area contributed by atoms with Crippen LogP contribution in [0.15, 0.2) is 36.9 Å². The number of rotatable bonds is 5. The molecule has 4 rings (SSSR count). The van der Waals surface area contributed by atoms with Gasteiger partial charge in [0.1, 0.15) is 0 Å². The van der Waals surface area contributed by atoms with Crippen LogP contribution < -0.4 is 0 Å². The maximum atomic E-state index is 5.97. The Morgan fingerprint density at radius 2 is 1.74 bits per heavy atom. The molecule has 0 N–H and O–H groups in total. The zero-order valence-corrected chi connectivity index (χ0v) is 17.0. The second-order valence-electron chi connectivity index (χ2n) is 9.18. The van der Waals surface area contributed by atoms with E-state index in [0.29, 0.717) is 6.10 Å². The summed E-state index contributed by atoms with van der Waals surface area (Å²) in [5.74, 6) is 3.76. The maximum Gasteiger partial charge on any atom is 0.0648 e. The summed E-state index contributed by atoms with van der Waals surface area (Å²) >= 11 is 0. The van der Waals surface area contributed by atoms with Crippen LogP contribution in [0.3, 0.4) is 0 Å². The van der Waals surface area contributed by atoms with E-state index in [1.807, 2.05) is 6.08 Å². The van der Waals surface area contributed by atoms with Crippen molar-refractivity contribution in [1.29, 1.82) is 0 Å². The van der Waals surface area contributed by atoms with Crippen molar-refractivity contribution in [2.24, 2.45) is 23.7 Å². The van der Waals surface area contributed by atoms with Gasteiger partial charge in [-0.15, -0.1) is 6.58 Å². The molecule has 1 aromatic rings. The van der Waals surface area contributed by atoms with Gasteiger partial charge in [0.05, 0.1) is 12.7 Å². The van der Waals surface area contributed by atoms with Crippen molar-refractivity contribution >= 4 is 6.08 Å². The fourth-order valence-corrected chi connectivity index (χ4v) is 6.17.